The molecule has 62 valence electrons. The number of nitrogens with two attached hydrogens (primary N) is 1. The Kier molecular flexibility index (Phi) is 1.34. The molecule has 1 saturated carbocycles. The van der Waals surface area contributed by atoms with Crippen LogP contribution in [0.3, 0.4) is 0 Å². The van der Waals surface area contributed by atoms with Crippen LogP contribution in [-0.2, 0) is 0 Å². The standard InChI is InChI=1S/C8H14N2O/c9-7(11)10-6-2-5-8(10)3-1-4-8/h1-6H2,(H2,9,11). The summed E-state index contributed by atoms with van der Waals surface area (Å²) in [5.41, 5.74) is 5.48. The first-order valence-corrected chi connectivity index (χ1v) is 4.32. The highest BCUT2D eigenvalue weighted by Gasteiger charge is 2.46. The predicted octanol–water partition coefficient (Wildman–Crippen LogP) is 1.08. The van der Waals surface area contributed by atoms with Crippen LogP contribution in [0.15, 0.2) is 0 Å². The third-order valence-corrected chi connectivity index (χ3v) is 3.15. The summed E-state index contributed by atoms with van der Waals surface area (Å²) in [6.45, 7) is 0.884. The number of primary amides is 1. The van der Waals surface area contributed by atoms with Gasteiger partial charge >= 0.3 is 6.03 Å². The van der Waals surface area contributed by atoms with Crippen molar-refractivity contribution in [3.8, 4) is 0 Å². The van der Waals surface area contributed by atoms with E-state index >= 15 is 0 Å². The molecule has 2 N–H and O–H groups in total. The van der Waals surface area contributed by atoms with E-state index in [1.54, 1.807) is 0 Å². The molecule has 2 amide bonds. The van der Waals surface area contributed by atoms with Crippen LogP contribution < -0.4 is 5.73 Å². The maximum absolute atomic E-state index is 11.0. The lowest BCUT2D eigenvalue weighted by atomic mass is 9.75. The van der Waals surface area contributed by atoms with Crippen molar-refractivity contribution in [2.75, 3.05) is 6.54 Å². The predicted molar refractivity (Wildman–Crippen MR) is 42.1 cm³/mol. The Bertz CT molecular complexity index is 187. The molecule has 0 atom stereocenters. The Balaban J connectivity index is 2.13. The fourth-order valence-electron chi connectivity index (χ4n) is 2.39. The number of carbonyl (C=O) groups excluding carboxylic acids is 1. The Labute approximate surface area is 66.5 Å². The highest BCUT2D eigenvalue weighted by atomic mass is 16.2. The van der Waals surface area contributed by atoms with Gasteiger partial charge in [0.05, 0.1) is 0 Å². The van der Waals surface area contributed by atoms with Crippen LogP contribution >= 0.6 is 0 Å². The minimum atomic E-state index is -0.220. The summed E-state index contributed by atoms with van der Waals surface area (Å²) in [5.74, 6) is 0. The van der Waals surface area contributed by atoms with Crippen LogP contribution in [0, 0.1) is 0 Å². The van der Waals surface area contributed by atoms with E-state index in [0.29, 0.717) is 0 Å². The summed E-state index contributed by atoms with van der Waals surface area (Å²) < 4.78 is 0. The monoisotopic (exact) mass is 154 g/mol. The van der Waals surface area contributed by atoms with Gasteiger partial charge in [-0.3, -0.25) is 0 Å². The number of hydrogen-bond donors (Lipinski definition) is 1. The topological polar surface area (TPSA) is 46.3 Å². The van der Waals surface area contributed by atoms with Gasteiger partial charge in [0.15, 0.2) is 0 Å². The molecule has 1 aliphatic heterocycles. The quantitative estimate of drug-likeness (QED) is 0.557. The average molecular weight is 154 g/mol. The third-order valence-electron chi connectivity index (χ3n) is 3.15. The third kappa shape index (κ3) is 0.832. The molecule has 3 heteroatoms. The number of carbonyl (C=O) groups is 1. The zero-order valence-electron chi connectivity index (χ0n) is 6.68. The molecule has 0 aromatic rings. The van der Waals surface area contributed by atoms with Gasteiger partial charge in [0.2, 0.25) is 0 Å². The number of amides is 2. The Morgan fingerprint density at radius 1 is 1.27 bits per heavy atom. The Hall–Kier alpha value is -0.730. The fraction of sp³-hybridized carbons (Fsp3) is 0.875. The molecule has 0 aromatic carbocycles. The second-order valence-corrected chi connectivity index (χ2v) is 3.67. The van der Waals surface area contributed by atoms with Gasteiger partial charge in [0.1, 0.15) is 0 Å². The second-order valence-electron chi connectivity index (χ2n) is 3.67. The van der Waals surface area contributed by atoms with Crippen LogP contribution in [0.1, 0.15) is 32.1 Å². The Morgan fingerprint density at radius 3 is 2.27 bits per heavy atom. The molecule has 1 saturated heterocycles. The lowest BCUT2D eigenvalue weighted by molar-refractivity contribution is 0.0859. The van der Waals surface area contributed by atoms with Gasteiger partial charge in [-0.2, -0.15) is 0 Å². The highest BCUT2D eigenvalue weighted by molar-refractivity contribution is 5.73. The number of hydrogen-bond acceptors (Lipinski definition) is 1. The van der Waals surface area contributed by atoms with E-state index in [-0.39, 0.29) is 11.6 Å². The molecule has 2 aliphatic rings. The summed E-state index contributed by atoms with van der Waals surface area (Å²) in [4.78, 5) is 12.8. The average Bonchev–Trinajstić information content (AvgIpc) is 2.27. The number of likely N-dealkylation sites (tertiary alicyclic amines) is 1. The zero-order chi connectivity index (χ0) is 7.90. The first kappa shape index (κ1) is 6.95. The van der Waals surface area contributed by atoms with Crippen molar-refractivity contribution in [2.45, 2.75) is 37.6 Å². The molecule has 0 radical (unpaired) electrons. The van der Waals surface area contributed by atoms with Crippen molar-refractivity contribution in [1.29, 1.82) is 0 Å². The smallest absolute Gasteiger partial charge is 0.315 e. The molecular weight excluding hydrogens is 140 g/mol. The molecule has 3 nitrogen and oxygen atoms in total. The van der Waals surface area contributed by atoms with Crippen LogP contribution in [0.25, 0.3) is 0 Å². The van der Waals surface area contributed by atoms with Crippen molar-refractivity contribution in [1.82, 2.24) is 4.90 Å². The number of urea groups is 1. The summed E-state index contributed by atoms with van der Waals surface area (Å²) in [6.07, 6.45) is 5.94. The first-order chi connectivity index (χ1) is 5.25. The molecule has 0 aromatic heterocycles. The van der Waals surface area contributed by atoms with Gasteiger partial charge in [0, 0.05) is 12.1 Å². The molecule has 2 fully saturated rings. The largest absolute Gasteiger partial charge is 0.351 e. The zero-order valence-corrected chi connectivity index (χ0v) is 6.68. The maximum atomic E-state index is 11.0. The molecular formula is C8H14N2O. The normalized spacial score (nSPS) is 27.1. The van der Waals surface area contributed by atoms with Crippen molar-refractivity contribution < 1.29 is 4.79 Å². The molecule has 2 rings (SSSR count). The van der Waals surface area contributed by atoms with E-state index < -0.39 is 0 Å². The van der Waals surface area contributed by atoms with Crippen LogP contribution in [0.2, 0.25) is 0 Å². The lowest BCUT2D eigenvalue weighted by Crippen LogP contribution is -2.53. The molecule has 11 heavy (non-hydrogen) atoms. The van der Waals surface area contributed by atoms with Gasteiger partial charge in [-0.25, -0.2) is 4.79 Å². The number of rotatable bonds is 0. The highest BCUT2D eigenvalue weighted by Crippen LogP contribution is 2.44. The minimum Gasteiger partial charge on any atom is -0.351 e. The van der Waals surface area contributed by atoms with E-state index in [0.717, 1.165) is 13.0 Å². The lowest BCUT2D eigenvalue weighted by Gasteiger charge is -2.44. The Morgan fingerprint density at radius 2 is 1.91 bits per heavy atom. The van der Waals surface area contributed by atoms with Gasteiger partial charge in [-0.1, -0.05) is 0 Å². The van der Waals surface area contributed by atoms with Crippen LogP contribution in [0.5, 0.6) is 0 Å². The van der Waals surface area contributed by atoms with Crippen molar-refractivity contribution >= 4 is 6.03 Å². The summed E-state index contributed by atoms with van der Waals surface area (Å²) in [7, 11) is 0. The molecule has 1 heterocycles. The van der Waals surface area contributed by atoms with Crippen LogP contribution in [0.4, 0.5) is 4.79 Å². The molecule has 0 bridgehead atoms. The van der Waals surface area contributed by atoms with E-state index in [1.165, 1.54) is 25.7 Å². The van der Waals surface area contributed by atoms with Crippen molar-refractivity contribution in [3.63, 3.8) is 0 Å². The molecule has 1 spiro atoms. The second kappa shape index (κ2) is 2.13. The molecule has 1 aliphatic carbocycles. The first-order valence-electron chi connectivity index (χ1n) is 4.32. The van der Waals surface area contributed by atoms with Gasteiger partial charge in [-0.15, -0.1) is 0 Å². The van der Waals surface area contributed by atoms with Gasteiger partial charge in [0.25, 0.3) is 0 Å². The maximum Gasteiger partial charge on any atom is 0.315 e. The van der Waals surface area contributed by atoms with E-state index in [2.05, 4.69) is 0 Å². The SMILES string of the molecule is NC(=O)N1CCCC12CCC2. The van der Waals surface area contributed by atoms with Gasteiger partial charge in [-0.05, 0) is 32.1 Å². The van der Waals surface area contributed by atoms with E-state index in [4.69, 9.17) is 5.73 Å². The van der Waals surface area contributed by atoms with E-state index in [9.17, 15) is 4.79 Å². The summed E-state index contributed by atoms with van der Waals surface area (Å²) in [6, 6.07) is -0.220. The summed E-state index contributed by atoms with van der Waals surface area (Å²) >= 11 is 0. The van der Waals surface area contributed by atoms with E-state index in [1.807, 2.05) is 4.90 Å². The molecule has 0 unspecified atom stereocenters. The minimum absolute atomic E-state index is 0.214. The van der Waals surface area contributed by atoms with Crippen molar-refractivity contribution in [3.05, 3.63) is 0 Å². The summed E-state index contributed by atoms with van der Waals surface area (Å²) in [5, 5.41) is 0. The van der Waals surface area contributed by atoms with Gasteiger partial charge < -0.3 is 10.6 Å². The van der Waals surface area contributed by atoms with Crippen molar-refractivity contribution in [2.24, 2.45) is 5.73 Å². The number of nitrogens with zero attached hydrogens (tertiary/aromatic N) is 1. The van der Waals surface area contributed by atoms with Crippen LogP contribution in [-0.4, -0.2) is 23.0 Å². The fourth-order valence-corrected chi connectivity index (χ4v) is 2.39.